The van der Waals surface area contributed by atoms with E-state index in [1.54, 1.807) is 42.7 Å². The van der Waals surface area contributed by atoms with Crippen molar-refractivity contribution in [2.45, 2.75) is 12.3 Å². The van der Waals surface area contributed by atoms with Crippen LogP contribution in [0.15, 0.2) is 54.9 Å². The van der Waals surface area contributed by atoms with E-state index in [-0.39, 0.29) is 24.1 Å². The van der Waals surface area contributed by atoms with Crippen LogP contribution in [-0.2, 0) is 9.53 Å². The monoisotopic (exact) mass is 365 g/mol. The number of nitrogens with zero attached hydrogens (tertiary/aromatic N) is 2. The van der Waals surface area contributed by atoms with Gasteiger partial charge in [-0.15, -0.1) is 0 Å². The van der Waals surface area contributed by atoms with Crippen LogP contribution in [-0.4, -0.2) is 28.5 Å². The molecule has 136 valence electrons. The van der Waals surface area contributed by atoms with Gasteiger partial charge in [0.05, 0.1) is 18.4 Å². The molecule has 1 N–H and O–H groups in total. The summed E-state index contributed by atoms with van der Waals surface area (Å²) in [4.78, 5) is 28.1. The summed E-state index contributed by atoms with van der Waals surface area (Å²) >= 11 is 0. The minimum atomic E-state index is -0.417. The van der Waals surface area contributed by atoms with E-state index in [0.29, 0.717) is 11.4 Å². The Morgan fingerprint density at radius 1 is 1.19 bits per heavy atom. The van der Waals surface area contributed by atoms with E-state index < -0.39 is 5.97 Å². The zero-order chi connectivity index (χ0) is 19.0. The molecule has 0 unspecified atom stereocenters. The van der Waals surface area contributed by atoms with Crippen molar-refractivity contribution >= 4 is 17.7 Å². The highest BCUT2D eigenvalue weighted by atomic mass is 19.1. The number of anilines is 1. The number of hydrogen-bond donors (Lipinski definition) is 1. The van der Waals surface area contributed by atoms with Crippen molar-refractivity contribution in [3.05, 3.63) is 77.5 Å². The molecule has 0 bridgehead atoms. The third-order valence-electron chi connectivity index (χ3n) is 4.62. The molecule has 0 saturated carbocycles. The highest BCUT2D eigenvalue weighted by molar-refractivity contribution is 5.94. The number of benzene rings is 2. The number of hydrogen-bond acceptors (Lipinski definition) is 4. The number of rotatable bonds is 3. The molecule has 0 fully saturated rings. The van der Waals surface area contributed by atoms with Crippen molar-refractivity contribution in [2.24, 2.45) is 0 Å². The Bertz CT molecular complexity index is 1010. The van der Waals surface area contributed by atoms with Crippen LogP contribution in [0.3, 0.4) is 0 Å². The number of imidazole rings is 1. The van der Waals surface area contributed by atoms with Crippen LogP contribution in [0.5, 0.6) is 0 Å². The molecule has 1 aliphatic heterocycles. The van der Waals surface area contributed by atoms with Crippen molar-refractivity contribution in [3.63, 3.8) is 0 Å². The van der Waals surface area contributed by atoms with E-state index in [1.807, 2.05) is 4.57 Å². The second-order valence-electron chi connectivity index (χ2n) is 6.24. The Labute approximate surface area is 154 Å². The van der Waals surface area contributed by atoms with E-state index in [2.05, 4.69) is 10.3 Å². The number of halogens is 1. The first-order chi connectivity index (χ1) is 13.1. The first kappa shape index (κ1) is 17.0. The second-order valence-corrected chi connectivity index (χ2v) is 6.24. The minimum absolute atomic E-state index is 0.131. The smallest absolute Gasteiger partial charge is 0.337 e. The standard InChI is InChI=1S/C20H16FN3O3/c1-27-20(26)13-4-2-12(3-5-13)16-10-17(25)23-19-18(16)24(11-22-19)15-8-6-14(21)7-9-15/h2-9,11,16H,10H2,1H3,(H,23,25)/t16-/m0/s1. The van der Waals surface area contributed by atoms with Crippen LogP contribution in [0.2, 0.25) is 0 Å². The summed E-state index contributed by atoms with van der Waals surface area (Å²) in [5.74, 6) is -0.629. The number of esters is 1. The number of nitrogens with one attached hydrogen (secondary N) is 1. The molecule has 3 aromatic rings. The summed E-state index contributed by atoms with van der Waals surface area (Å²) in [6.07, 6.45) is 1.86. The van der Waals surface area contributed by atoms with Crippen LogP contribution in [0.25, 0.3) is 5.69 Å². The van der Waals surface area contributed by atoms with Crippen molar-refractivity contribution in [2.75, 3.05) is 12.4 Å². The molecule has 4 rings (SSSR count). The van der Waals surface area contributed by atoms with Gasteiger partial charge < -0.3 is 14.6 Å². The average molecular weight is 365 g/mol. The molecule has 0 spiro atoms. The van der Waals surface area contributed by atoms with E-state index in [4.69, 9.17) is 4.74 Å². The lowest BCUT2D eigenvalue weighted by molar-refractivity contribution is -0.116. The number of amides is 1. The largest absolute Gasteiger partial charge is 0.465 e. The van der Waals surface area contributed by atoms with Crippen molar-refractivity contribution in [1.82, 2.24) is 9.55 Å². The Morgan fingerprint density at radius 3 is 2.56 bits per heavy atom. The Balaban J connectivity index is 1.78. The van der Waals surface area contributed by atoms with Crippen molar-refractivity contribution < 1.29 is 18.7 Å². The third kappa shape index (κ3) is 3.08. The Hall–Kier alpha value is -3.48. The van der Waals surface area contributed by atoms with Crippen LogP contribution in [0.4, 0.5) is 10.2 Å². The third-order valence-corrected chi connectivity index (χ3v) is 4.62. The molecule has 2 aromatic carbocycles. The van der Waals surface area contributed by atoms with Crippen LogP contribution < -0.4 is 5.32 Å². The number of methoxy groups -OCH3 is 1. The molecule has 0 radical (unpaired) electrons. The molecule has 1 atom stereocenters. The normalized spacial score (nSPS) is 15.8. The maximum absolute atomic E-state index is 13.3. The Morgan fingerprint density at radius 2 is 1.89 bits per heavy atom. The molecular weight excluding hydrogens is 349 g/mol. The maximum Gasteiger partial charge on any atom is 0.337 e. The number of fused-ring (bicyclic) bond motifs is 1. The predicted octanol–water partition coefficient (Wildman–Crippen LogP) is 3.27. The lowest BCUT2D eigenvalue weighted by Gasteiger charge is -2.25. The molecule has 1 aromatic heterocycles. The average Bonchev–Trinajstić information content (AvgIpc) is 3.11. The molecule has 0 aliphatic carbocycles. The summed E-state index contributed by atoms with van der Waals surface area (Å²) in [5, 5.41) is 2.78. The topological polar surface area (TPSA) is 73.2 Å². The summed E-state index contributed by atoms with van der Waals surface area (Å²) in [6.45, 7) is 0. The summed E-state index contributed by atoms with van der Waals surface area (Å²) in [7, 11) is 1.33. The predicted molar refractivity (Wildman–Crippen MR) is 96.4 cm³/mol. The zero-order valence-electron chi connectivity index (χ0n) is 14.5. The number of ether oxygens (including phenoxy) is 1. The molecule has 27 heavy (non-hydrogen) atoms. The van der Waals surface area contributed by atoms with Gasteiger partial charge >= 0.3 is 5.97 Å². The van der Waals surface area contributed by atoms with Gasteiger partial charge in [-0.2, -0.15) is 0 Å². The van der Waals surface area contributed by atoms with Gasteiger partial charge in [0.1, 0.15) is 12.1 Å². The molecule has 0 saturated heterocycles. The van der Waals surface area contributed by atoms with Gasteiger partial charge in [0.2, 0.25) is 5.91 Å². The highest BCUT2D eigenvalue weighted by Gasteiger charge is 2.31. The fraction of sp³-hybridized carbons (Fsp3) is 0.150. The van der Waals surface area contributed by atoms with Crippen molar-refractivity contribution in [1.29, 1.82) is 0 Å². The number of aromatic nitrogens is 2. The fourth-order valence-electron chi connectivity index (χ4n) is 3.30. The lowest BCUT2D eigenvalue weighted by Crippen LogP contribution is -2.25. The molecule has 1 aliphatic rings. The summed E-state index contributed by atoms with van der Waals surface area (Å²) < 4.78 is 19.8. The van der Waals surface area contributed by atoms with Crippen molar-refractivity contribution in [3.8, 4) is 5.69 Å². The SMILES string of the molecule is COC(=O)c1ccc([C@@H]2CC(=O)Nc3ncn(-c4ccc(F)cc4)c32)cc1. The molecule has 6 nitrogen and oxygen atoms in total. The Kier molecular flexibility index (Phi) is 4.19. The van der Waals surface area contributed by atoms with Gasteiger partial charge in [-0.25, -0.2) is 14.2 Å². The van der Waals surface area contributed by atoms with E-state index in [1.165, 1.54) is 19.2 Å². The van der Waals surface area contributed by atoms with Gasteiger partial charge in [-0.05, 0) is 42.0 Å². The lowest BCUT2D eigenvalue weighted by atomic mass is 9.89. The number of carbonyl (C=O) groups is 2. The summed E-state index contributed by atoms with van der Waals surface area (Å²) in [6, 6.07) is 13.0. The van der Waals surface area contributed by atoms with Crippen LogP contribution >= 0.6 is 0 Å². The quantitative estimate of drug-likeness (QED) is 0.723. The first-order valence-electron chi connectivity index (χ1n) is 8.38. The maximum atomic E-state index is 13.3. The fourth-order valence-corrected chi connectivity index (χ4v) is 3.30. The zero-order valence-corrected chi connectivity index (χ0v) is 14.5. The van der Waals surface area contributed by atoms with E-state index in [0.717, 1.165) is 16.9 Å². The molecule has 7 heteroatoms. The van der Waals surface area contributed by atoms with E-state index in [9.17, 15) is 14.0 Å². The molecule has 2 heterocycles. The molecular formula is C20H16FN3O3. The van der Waals surface area contributed by atoms with Gasteiger partial charge in [0, 0.05) is 18.0 Å². The van der Waals surface area contributed by atoms with Gasteiger partial charge in [0.15, 0.2) is 5.82 Å². The van der Waals surface area contributed by atoms with Gasteiger partial charge in [0.25, 0.3) is 0 Å². The minimum Gasteiger partial charge on any atom is -0.465 e. The summed E-state index contributed by atoms with van der Waals surface area (Å²) in [5.41, 5.74) is 2.88. The first-order valence-corrected chi connectivity index (χ1v) is 8.38. The van der Waals surface area contributed by atoms with E-state index >= 15 is 0 Å². The second kappa shape index (κ2) is 6.68. The van der Waals surface area contributed by atoms with Gasteiger partial charge in [-0.3, -0.25) is 4.79 Å². The van der Waals surface area contributed by atoms with Gasteiger partial charge in [-0.1, -0.05) is 12.1 Å². The van der Waals surface area contributed by atoms with Crippen LogP contribution in [0, 0.1) is 5.82 Å². The van der Waals surface area contributed by atoms with Crippen LogP contribution in [0.1, 0.15) is 34.0 Å². The number of carbonyl (C=O) groups excluding carboxylic acids is 2. The molecule has 1 amide bonds. The highest BCUT2D eigenvalue weighted by Crippen LogP contribution is 2.37.